The molecular formula is C19H23N5O3S. The number of ether oxygens (including phenoxy) is 1. The first-order chi connectivity index (χ1) is 13.2. The topological polar surface area (TPSA) is 99.0 Å². The first-order valence-corrected chi connectivity index (χ1v) is 9.84. The Balaban J connectivity index is 2.00. The average molecular weight is 401 g/mol. The van der Waals surface area contributed by atoms with Crippen molar-refractivity contribution in [2.45, 2.75) is 40.5 Å². The number of aryl methyl sites for hydroxylation is 3. The van der Waals surface area contributed by atoms with Crippen LogP contribution in [0.2, 0.25) is 0 Å². The first-order valence-electron chi connectivity index (χ1n) is 9.03. The van der Waals surface area contributed by atoms with E-state index in [1.54, 1.807) is 24.6 Å². The number of fused-ring (bicyclic) bond motifs is 1. The number of nitrogens with zero attached hydrogens (tertiary/aromatic N) is 4. The van der Waals surface area contributed by atoms with Gasteiger partial charge in [-0.3, -0.25) is 14.8 Å². The van der Waals surface area contributed by atoms with Crippen LogP contribution in [0.3, 0.4) is 0 Å². The van der Waals surface area contributed by atoms with E-state index in [-0.39, 0.29) is 18.4 Å². The van der Waals surface area contributed by atoms with Crippen molar-refractivity contribution < 1.29 is 14.3 Å². The van der Waals surface area contributed by atoms with Crippen LogP contribution >= 0.6 is 11.3 Å². The van der Waals surface area contributed by atoms with Gasteiger partial charge in [-0.05, 0) is 32.8 Å². The number of anilines is 1. The quantitative estimate of drug-likeness (QED) is 0.656. The molecule has 1 N–H and O–H groups in total. The summed E-state index contributed by atoms with van der Waals surface area (Å²) in [4.78, 5) is 34.4. The number of aromatic nitrogens is 4. The summed E-state index contributed by atoms with van der Waals surface area (Å²) in [6, 6.07) is 1.80. The standard InChI is InChI=1S/C19H23N5O3S/c1-7-27-18(26)15-11(5)20-19(28-15)22-17(25)12-8-13(9(2)3)21-16-14(12)10(4)23-24(16)6/h8-9H,7H2,1-6H3,(H,20,22,25). The highest BCUT2D eigenvalue weighted by Gasteiger charge is 2.22. The molecule has 0 atom stereocenters. The Labute approximate surface area is 166 Å². The Morgan fingerprint density at radius 2 is 1.96 bits per heavy atom. The van der Waals surface area contributed by atoms with Crippen LogP contribution in [0.25, 0.3) is 11.0 Å². The van der Waals surface area contributed by atoms with Crippen LogP contribution < -0.4 is 5.32 Å². The van der Waals surface area contributed by atoms with E-state index < -0.39 is 5.97 Å². The van der Waals surface area contributed by atoms with Gasteiger partial charge in [0.15, 0.2) is 10.8 Å². The van der Waals surface area contributed by atoms with Gasteiger partial charge in [-0.1, -0.05) is 25.2 Å². The molecule has 0 saturated heterocycles. The van der Waals surface area contributed by atoms with Gasteiger partial charge >= 0.3 is 5.97 Å². The lowest BCUT2D eigenvalue weighted by molar-refractivity contribution is 0.0531. The number of carbonyl (C=O) groups excluding carboxylic acids is 2. The molecule has 0 aliphatic carbocycles. The Bertz CT molecular complexity index is 1070. The summed E-state index contributed by atoms with van der Waals surface area (Å²) < 4.78 is 6.71. The summed E-state index contributed by atoms with van der Waals surface area (Å²) >= 11 is 1.10. The molecule has 0 aliphatic rings. The lowest BCUT2D eigenvalue weighted by Crippen LogP contribution is -2.14. The van der Waals surface area contributed by atoms with Crippen molar-refractivity contribution in [3.63, 3.8) is 0 Å². The average Bonchev–Trinajstić information content (AvgIpc) is 3.13. The predicted octanol–water partition coefficient (Wildman–Crippen LogP) is 3.59. The number of hydrogen-bond donors (Lipinski definition) is 1. The molecule has 3 rings (SSSR count). The molecule has 9 heteroatoms. The van der Waals surface area contributed by atoms with Gasteiger partial charge in [0.2, 0.25) is 0 Å². The zero-order chi connectivity index (χ0) is 20.6. The van der Waals surface area contributed by atoms with Crippen molar-refractivity contribution in [3.8, 4) is 0 Å². The van der Waals surface area contributed by atoms with Crippen LogP contribution in [0.5, 0.6) is 0 Å². The van der Waals surface area contributed by atoms with Gasteiger partial charge < -0.3 is 4.74 Å². The smallest absolute Gasteiger partial charge is 0.350 e. The van der Waals surface area contributed by atoms with Gasteiger partial charge in [-0.2, -0.15) is 5.10 Å². The van der Waals surface area contributed by atoms with Crippen molar-refractivity contribution in [2.24, 2.45) is 7.05 Å². The van der Waals surface area contributed by atoms with Crippen molar-refractivity contribution in [2.75, 3.05) is 11.9 Å². The van der Waals surface area contributed by atoms with Gasteiger partial charge in [0, 0.05) is 12.7 Å². The molecule has 0 aliphatic heterocycles. The lowest BCUT2D eigenvalue weighted by atomic mass is 10.0. The minimum Gasteiger partial charge on any atom is -0.462 e. The Kier molecular flexibility index (Phi) is 5.46. The molecule has 8 nitrogen and oxygen atoms in total. The van der Waals surface area contributed by atoms with Crippen molar-refractivity contribution >= 4 is 39.4 Å². The second kappa shape index (κ2) is 7.67. The predicted molar refractivity (Wildman–Crippen MR) is 108 cm³/mol. The van der Waals surface area contributed by atoms with Crippen LogP contribution in [0, 0.1) is 13.8 Å². The number of pyridine rings is 1. The fourth-order valence-electron chi connectivity index (χ4n) is 2.94. The van der Waals surface area contributed by atoms with Crippen LogP contribution in [-0.2, 0) is 11.8 Å². The Hall–Kier alpha value is -2.81. The van der Waals surface area contributed by atoms with E-state index in [1.807, 2.05) is 27.8 Å². The molecule has 3 aromatic rings. The number of esters is 1. The van der Waals surface area contributed by atoms with E-state index in [9.17, 15) is 9.59 Å². The zero-order valence-electron chi connectivity index (χ0n) is 16.8. The minimum absolute atomic E-state index is 0.156. The minimum atomic E-state index is -0.436. The zero-order valence-corrected chi connectivity index (χ0v) is 17.6. The van der Waals surface area contributed by atoms with Crippen molar-refractivity contribution in [1.29, 1.82) is 0 Å². The van der Waals surface area contributed by atoms with Crippen LogP contribution in [0.4, 0.5) is 5.13 Å². The third-order valence-electron chi connectivity index (χ3n) is 4.30. The number of nitrogens with one attached hydrogen (secondary N) is 1. The van der Waals surface area contributed by atoms with Crippen molar-refractivity contribution in [3.05, 3.63) is 33.6 Å². The van der Waals surface area contributed by atoms with Crippen molar-refractivity contribution in [1.82, 2.24) is 19.7 Å². The molecule has 0 spiro atoms. The Morgan fingerprint density at radius 3 is 2.61 bits per heavy atom. The number of thiazole rings is 1. The van der Waals surface area contributed by atoms with Gasteiger partial charge in [-0.25, -0.2) is 14.8 Å². The summed E-state index contributed by atoms with van der Waals surface area (Å²) in [6.45, 7) is 9.64. The molecule has 1 amide bonds. The summed E-state index contributed by atoms with van der Waals surface area (Å²) in [5.41, 5.74) is 3.22. The molecule has 28 heavy (non-hydrogen) atoms. The molecular weight excluding hydrogens is 378 g/mol. The van der Waals surface area contributed by atoms with Gasteiger partial charge in [-0.15, -0.1) is 0 Å². The molecule has 0 saturated carbocycles. The fourth-order valence-corrected chi connectivity index (χ4v) is 3.79. The van der Waals surface area contributed by atoms with E-state index >= 15 is 0 Å². The van der Waals surface area contributed by atoms with Crippen LogP contribution in [-0.4, -0.2) is 38.2 Å². The molecule has 0 radical (unpaired) electrons. The SMILES string of the molecule is CCOC(=O)c1sc(NC(=O)c2cc(C(C)C)nc3c2c(C)nn3C)nc1C. The highest BCUT2D eigenvalue weighted by Crippen LogP contribution is 2.28. The molecule has 148 valence electrons. The number of rotatable bonds is 5. The first kappa shape index (κ1) is 19.9. The summed E-state index contributed by atoms with van der Waals surface area (Å²) in [7, 11) is 1.81. The maximum Gasteiger partial charge on any atom is 0.350 e. The summed E-state index contributed by atoms with van der Waals surface area (Å²) in [5.74, 6) is -0.590. The highest BCUT2D eigenvalue weighted by molar-refractivity contribution is 7.17. The Morgan fingerprint density at radius 1 is 1.25 bits per heavy atom. The fraction of sp³-hybridized carbons (Fsp3) is 0.421. The van der Waals surface area contributed by atoms with E-state index in [1.165, 1.54) is 0 Å². The van der Waals surface area contributed by atoms with E-state index in [4.69, 9.17) is 4.74 Å². The third kappa shape index (κ3) is 3.62. The number of hydrogen-bond acceptors (Lipinski definition) is 7. The molecule has 3 heterocycles. The summed E-state index contributed by atoms with van der Waals surface area (Å²) in [5, 5.41) is 8.27. The molecule has 0 unspecified atom stereocenters. The molecule has 0 aromatic carbocycles. The largest absolute Gasteiger partial charge is 0.462 e. The summed E-state index contributed by atoms with van der Waals surface area (Å²) in [6.07, 6.45) is 0. The van der Waals surface area contributed by atoms with Gasteiger partial charge in [0.05, 0.1) is 28.9 Å². The number of carbonyl (C=O) groups is 2. The number of amides is 1. The third-order valence-corrected chi connectivity index (χ3v) is 5.36. The molecule has 3 aromatic heterocycles. The second-order valence-electron chi connectivity index (χ2n) is 6.77. The molecule has 0 fully saturated rings. The monoisotopic (exact) mass is 401 g/mol. The molecule has 0 bridgehead atoms. The van der Waals surface area contributed by atoms with Crippen LogP contribution in [0.1, 0.15) is 63.8 Å². The van der Waals surface area contributed by atoms with Gasteiger partial charge in [0.1, 0.15) is 4.88 Å². The maximum absolute atomic E-state index is 13.1. The van der Waals surface area contributed by atoms with Gasteiger partial charge in [0.25, 0.3) is 5.91 Å². The maximum atomic E-state index is 13.1. The lowest BCUT2D eigenvalue weighted by Gasteiger charge is -2.10. The van der Waals surface area contributed by atoms with E-state index in [0.717, 1.165) is 22.7 Å². The highest BCUT2D eigenvalue weighted by atomic mass is 32.1. The normalized spacial score (nSPS) is 11.2. The van der Waals surface area contributed by atoms with Crippen LogP contribution in [0.15, 0.2) is 6.07 Å². The second-order valence-corrected chi connectivity index (χ2v) is 7.76. The van der Waals surface area contributed by atoms with E-state index in [2.05, 4.69) is 20.4 Å². The van der Waals surface area contributed by atoms with E-state index in [0.29, 0.717) is 32.3 Å².